The average molecular weight is 397 g/mol. The van der Waals surface area contributed by atoms with Gasteiger partial charge in [-0.1, -0.05) is 6.08 Å². The normalized spacial score (nSPS) is 14.2. The standard InChI is InChI=1S/C20H23N5O4/c1-22-18-17(19(27)23(2)20(22)28)24(13-21-18)12-16(26)25(11-15-9-6-10-29-15)14-7-4-3-5-8-14/h6-7,9-10,13H,3-5,8,11-12H2,1-2H3. The van der Waals surface area contributed by atoms with Crippen LogP contribution in [0, 0.1) is 0 Å². The van der Waals surface area contributed by atoms with E-state index in [0.717, 1.165) is 35.9 Å². The topological polar surface area (TPSA) is 95.3 Å². The fourth-order valence-corrected chi connectivity index (χ4v) is 3.72. The number of rotatable bonds is 5. The minimum atomic E-state index is -0.470. The van der Waals surface area contributed by atoms with Crippen molar-refractivity contribution in [3.63, 3.8) is 0 Å². The van der Waals surface area contributed by atoms with Gasteiger partial charge in [0.2, 0.25) is 5.91 Å². The van der Waals surface area contributed by atoms with Crippen molar-refractivity contribution in [2.75, 3.05) is 0 Å². The van der Waals surface area contributed by atoms with Gasteiger partial charge in [-0.2, -0.15) is 0 Å². The summed E-state index contributed by atoms with van der Waals surface area (Å²) in [4.78, 5) is 43.9. The number of aryl methyl sites for hydroxylation is 1. The zero-order chi connectivity index (χ0) is 20.5. The Labute approximate surface area is 166 Å². The van der Waals surface area contributed by atoms with E-state index >= 15 is 0 Å². The van der Waals surface area contributed by atoms with Gasteiger partial charge in [-0.3, -0.25) is 18.7 Å². The molecular weight excluding hydrogens is 374 g/mol. The number of nitrogens with zero attached hydrogens (tertiary/aromatic N) is 5. The minimum absolute atomic E-state index is 0.0536. The smallest absolute Gasteiger partial charge is 0.332 e. The van der Waals surface area contributed by atoms with Gasteiger partial charge in [-0.15, -0.1) is 0 Å². The van der Waals surface area contributed by atoms with Crippen LogP contribution in [0.4, 0.5) is 0 Å². The summed E-state index contributed by atoms with van der Waals surface area (Å²) >= 11 is 0. The molecule has 29 heavy (non-hydrogen) atoms. The quantitative estimate of drug-likeness (QED) is 0.650. The van der Waals surface area contributed by atoms with Gasteiger partial charge in [-0.05, 0) is 37.8 Å². The van der Waals surface area contributed by atoms with Crippen molar-refractivity contribution in [2.24, 2.45) is 14.1 Å². The summed E-state index contributed by atoms with van der Waals surface area (Å²) < 4.78 is 9.29. The van der Waals surface area contributed by atoms with Crippen LogP contribution in [0.15, 0.2) is 50.5 Å². The molecule has 1 amide bonds. The van der Waals surface area contributed by atoms with Crippen LogP contribution in [-0.2, 0) is 32.0 Å². The molecule has 9 nitrogen and oxygen atoms in total. The zero-order valence-electron chi connectivity index (χ0n) is 16.5. The Bertz CT molecular complexity index is 1200. The lowest BCUT2D eigenvalue weighted by Crippen LogP contribution is -2.38. The highest BCUT2D eigenvalue weighted by atomic mass is 16.3. The van der Waals surface area contributed by atoms with Gasteiger partial charge in [-0.25, -0.2) is 9.78 Å². The predicted molar refractivity (Wildman–Crippen MR) is 106 cm³/mol. The van der Waals surface area contributed by atoms with Crippen LogP contribution < -0.4 is 11.2 Å². The molecule has 0 bridgehead atoms. The van der Waals surface area contributed by atoms with Gasteiger partial charge in [0, 0.05) is 19.8 Å². The number of aromatic nitrogens is 4. The lowest BCUT2D eigenvalue weighted by Gasteiger charge is -2.27. The number of imidazole rings is 1. The summed E-state index contributed by atoms with van der Waals surface area (Å²) in [6.45, 7) is 0.281. The Kier molecular flexibility index (Phi) is 4.96. The van der Waals surface area contributed by atoms with Crippen LogP contribution in [0.2, 0.25) is 0 Å². The number of amides is 1. The van der Waals surface area contributed by atoms with E-state index in [4.69, 9.17) is 4.42 Å². The van der Waals surface area contributed by atoms with E-state index in [1.165, 1.54) is 22.5 Å². The lowest BCUT2D eigenvalue weighted by molar-refractivity contribution is -0.130. The maximum absolute atomic E-state index is 13.2. The van der Waals surface area contributed by atoms with E-state index in [9.17, 15) is 14.4 Å². The molecule has 0 fully saturated rings. The number of hydrogen-bond donors (Lipinski definition) is 0. The maximum Gasteiger partial charge on any atom is 0.332 e. The molecule has 0 radical (unpaired) electrons. The molecule has 0 N–H and O–H groups in total. The Morgan fingerprint density at radius 3 is 2.76 bits per heavy atom. The molecule has 1 aliphatic rings. The van der Waals surface area contributed by atoms with Crippen LogP contribution in [-0.4, -0.2) is 29.5 Å². The monoisotopic (exact) mass is 397 g/mol. The predicted octanol–water partition coefficient (Wildman–Crippen LogP) is 1.51. The summed E-state index contributed by atoms with van der Waals surface area (Å²) in [5, 5.41) is 0. The van der Waals surface area contributed by atoms with Crippen molar-refractivity contribution < 1.29 is 9.21 Å². The molecule has 0 atom stereocenters. The molecule has 0 aromatic carbocycles. The van der Waals surface area contributed by atoms with Crippen molar-refractivity contribution in [1.82, 2.24) is 23.6 Å². The summed E-state index contributed by atoms with van der Waals surface area (Å²) in [7, 11) is 2.97. The van der Waals surface area contributed by atoms with Crippen LogP contribution >= 0.6 is 0 Å². The molecular formula is C20H23N5O4. The Balaban J connectivity index is 1.70. The first-order valence-corrected chi connectivity index (χ1v) is 9.60. The number of fused-ring (bicyclic) bond motifs is 1. The third-order valence-electron chi connectivity index (χ3n) is 5.33. The van der Waals surface area contributed by atoms with Gasteiger partial charge in [0.1, 0.15) is 12.3 Å². The highest BCUT2D eigenvalue weighted by Gasteiger charge is 2.23. The first kappa shape index (κ1) is 19.0. The van der Waals surface area contributed by atoms with Crippen LogP contribution in [0.5, 0.6) is 0 Å². The van der Waals surface area contributed by atoms with Crippen molar-refractivity contribution in [2.45, 2.75) is 38.8 Å². The van der Waals surface area contributed by atoms with Gasteiger partial charge in [0.15, 0.2) is 11.2 Å². The Morgan fingerprint density at radius 1 is 1.24 bits per heavy atom. The summed E-state index contributed by atoms with van der Waals surface area (Å²) in [5.74, 6) is 0.531. The first-order chi connectivity index (χ1) is 14.0. The summed E-state index contributed by atoms with van der Waals surface area (Å²) in [6, 6.07) is 3.63. The minimum Gasteiger partial charge on any atom is -0.467 e. The zero-order valence-corrected chi connectivity index (χ0v) is 16.5. The molecule has 1 aliphatic carbocycles. The molecule has 3 heterocycles. The Morgan fingerprint density at radius 2 is 2.07 bits per heavy atom. The third kappa shape index (κ3) is 3.43. The second-order valence-electron chi connectivity index (χ2n) is 7.25. The molecule has 9 heteroatoms. The van der Waals surface area contributed by atoms with Crippen molar-refractivity contribution in [1.29, 1.82) is 0 Å². The molecule has 0 saturated heterocycles. The highest BCUT2D eigenvalue weighted by Crippen LogP contribution is 2.23. The number of furan rings is 1. The fraction of sp³-hybridized carbons (Fsp3) is 0.400. The molecule has 0 aliphatic heterocycles. The second-order valence-corrected chi connectivity index (χ2v) is 7.25. The molecule has 4 rings (SSSR count). The maximum atomic E-state index is 13.2. The van der Waals surface area contributed by atoms with Crippen molar-refractivity contribution in [3.8, 4) is 0 Å². The van der Waals surface area contributed by atoms with E-state index in [2.05, 4.69) is 11.1 Å². The highest BCUT2D eigenvalue weighted by molar-refractivity contribution is 5.80. The van der Waals surface area contributed by atoms with Crippen LogP contribution in [0.1, 0.15) is 31.4 Å². The average Bonchev–Trinajstić information content (AvgIpc) is 3.39. The van der Waals surface area contributed by atoms with Crippen LogP contribution in [0.3, 0.4) is 0 Å². The van der Waals surface area contributed by atoms with Crippen LogP contribution in [0.25, 0.3) is 11.2 Å². The van der Waals surface area contributed by atoms with Gasteiger partial charge in [0.05, 0.1) is 19.1 Å². The number of carbonyl (C=O) groups excluding carboxylic acids is 1. The SMILES string of the molecule is Cn1c(=O)c2c(ncn2CC(=O)N(Cc2ccco2)C2=CCCCC2)n(C)c1=O. The molecule has 3 aromatic heterocycles. The van der Waals surface area contributed by atoms with Gasteiger partial charge >= 0.3 is 5.69 Å². The Hall–Kier alpha value is -3.36. The van der Waals surface area contributed by atoms with E-state index in [1.54, 1.807) is 24.3 Å². The largest absolute Gasteiger partial charge is 0.467 e. The van der Waals surface area contributed by atoms with Gasteiger partial charge < -0.3 is 13.9 Å². The van der Waals surface area contributed by atoms with Crippen molar-refractivity contribution >= 4 is 17.1 Å². The third-order valence-corrected chi connectivity index (χ3v) is 5.33. The second kappa shape index (κ2) is 7.57. The first-order valence-electron chi connectivity index (χ1n) is 9.60. The fourth-order valence-electron chi connectivity index (χ4n) is 3.72. The molecule has 0 unspecified atom stereocenters. The van der Waals surface area contributed by atoms with E-state index in [1.807, 2.05) is 6.07 Å². The summed E-state index contributed by atoms with van der Waals surface area (Å²) in [6.07, 6.45) is 9.03. The van der Waals surface area contributed by atoms with Crippen molar-refractivity contribution in [3.05, 3.63) is 63.1 Å². The van der Waals surface area contributed by atoms with E-state index < -0.39 is 11.2 Å². The number of allylic oxidation sites excluding steroid dienone is 2. The van der Waals surface area contributed by atoms with Gasteiger partial charge in [0.25, 0.3) is 5.56 Å². The lowest BCUT2D eigenvalue weighted by atomic mass is 10.0. The molecule has 3 aromatic rings. The van der Waals surface area contributed by atoms with E-state index in [-0.39, 0.29) is 23.6 Å². The summed E-state index contributed by atoms with van der Waals surface area (Å²) in [5.41, 5.74) is 0.551. The molecule has 0 saturated carbocycles. The molecule has 0 spiro atoms. The number of hydrogen-bond acceptors (Lipinski definition) is 5. The number of carbonyl (C=O) groups is 1. The molecule has 152 valence electrons. The van der Waals surface area contributed by atoms with E-state index in [0.29, 0.717) is 12.3 Å².